The number of rotatable bonds is 10. The first kappa shape index (κ1) is 27.4. The minimum Gasteiger partial charge on any atom is -0.493 e. The molecule has 13 heteroatoms. The van der Waals surface area contributed by atoms with Crippen LogP contribution < -0.4 is 14.8 Å². The molecule has 1 aliphatic carbocycles. The Morgan fingerprint density at radius 1 is 1.31 bits per heavy atom. The van der Waals surface area contributed by atoms with Gasteiger partial charge in [-0.25, -0.2) is 0 Å². The van der Waals surface area contributed by atoms with Crippen LogP contribution in [0, 0.1) is 0 Å². The number of benzene rings is 1. The predicted octanol–water partition coefficient (Wildman–Crippen LogP) is 0.558. The zero-order chi connectivity index (χ0) is 26.6. The number of aldehydes is 1. The van der Waals surface area contributed by atoms with E-state index in [1.54, 1.807) is 6.92 Å². The zero-order valence-corrected chi connectivity index (χ0v) is 19.6. The number of nitrogens with one attached hydrogen (secondary N) is 1. The first-order chi connectivity index (χ1) is 17.1. The average Bonchev–Trinajstić information content (AvgIpc) is 3.23. The minimum absolute atomic E-state index is 0.0749. The van der Waals surface area contributed by atoms with Crippen molar-refractivity contribution in [2.24, 2.45) is 0 Å². The van der Waals surface area contributed by atoms with Crippen molar-refractivity contribution in [3.63, 3.8) is 0 Å². The second-order valence-electron chi connectivity index (χ2n) is 8.18. The summed E-state index contributed by atoms with van der Waals surface area (Å²) in [4.78, 5) is 37.6. The van der Waals surface area contributed by atoms with Crippen molar-refractivity contribution in [2.75, 3.05) is 40.0 Å². The van der Waals surface area contributed by atoms with Crippen molar-refractivity contribution in [1.29, 1.82) is 0 Å². The van der Waals surface area contributed by atoms with Gasteiger partial charge in [0.1, 0.15) is 31.6 Å². The fourth-order valence-electron chi connectivity index (χ4n) is 4.38. The lowest BCUT2D eigenvalue weighted by Gasteiger charge is -2.40. The number of methoxy groups -OCH3 is 1. The molecule has 4 atom stereocenters. The normalized spacial score (nSPS) is 22.6. The van der Waals surface area contributed by atoms with Crippen LogP contribution >= 0.6 is 0 Å². The molecule has 36 heavy (non-hydrogen) atoms. The summed E-state index contributed by atoms with van der Waals surface area (Å²) in [5, 5.41) is 22.7. The fourth-order valence-corrected chi connectivity index (χ4v) is 4.38. The molecule has 3 rings (SSSR count). The number of hydrogen-bond donors (Lipinski definition) is 3. The number of ether oxygens (including phenoxy) is 3. The topological polar surface area (TPSA) is 135 Å². The lowest BCUT2D eigenvalue weighted by Crippen LogP contribution is -2.58. The molecule has 0 bridgehead atoms. The van der Waals surface area contributed by atoms with Crippen LogP contribution in [0.3, 0.4) is 0 Å². The summed E-state index contributed by atoms with van der Waals surface area (Å²) in [6.45, 7) is -1.28. The molecule has 2 amide bonds. The molecule has 0 radical (unpaired) electrons. The van der Waals surface area contributed by atoms with E-state index in [4.69, 9.17) is 19.3 Å². The molecule has 0 spiro atoms. The number of carbonyl (C=O) groups is 3. The van der Waals surface area contributed by atoms with Crippen molar-refractivity contribution in [1.82, 2.24) is 10.2 Å². The van der Waals surface area contributed by atoms with Crippen LogP contribution in [-0.4, -0.2) is 97.7 Å². The molecule has 4 unspecified atom stereocenters. The van der Waals surface area contributed by atoms with Crippen LogP contribution in [-0.2, 0) is 14.3 Å². The van der Waals surface area contributed by atoms with E-state index < -0.39 is 61.9 Å². The first-order valence-corrected chi connectivity index (χ1v) is 11.1. The van der Waals surface area contributed by atoms with Gasteiger partial charge in [0.25, 0.3) is 0 Å². The molecule has 0 fully saturated rings. The van der Waals surface area contributed by atoms with E-state index in [1.165, 1.54) is 19.2 Å². The summed E-state index contributed by atoms with van der Waals surface area (Å²) in [6, 6.07) is 1.22. The Kier molecular flexibility index (Phi) is 8.59. The van der Waals surface area contributed by atoms with Crippen molar-refractivity contribution in [3.8, 4) is 11.5 Å². The second kappa shape index (κ2) is 11.3. The number of halogens is 3. The van der Waals surface area contributed by atoms with Gasteiger partial charge in [0, 0.05) is 29.9 Å². The molecule has 10 nitrogen and oxygen atoms in total. The lowest BCUT2D eigenvalue weighted by atomic mass is 9.77. The summed E-state index contributed by atoms with van der Waals surface area (Å²) >= 11 is 0. The summed E-state index contributed by atoms with van der Waals surface area (Å²) in [7, 11) is 1.32. The number of alkyl halides is 3. The standard InChI is InChI=1S/C23H27F3N2O8/c1-3-35-10-17(31)28(11-23(24,25)26)15-8-14(22(33)27-4-5-29)18-13-6-12(9-30)7-16(34-2)20(13)36-21(18)19(15)32/h6-9,15,18-19,21,29,32H,3-5,10-11H2,1-2H3,(H,27,33). The van der Waals surface area contributed by atoms with Crippen molar-refractivity contribution in [2.45, 2.75) is 37.3 Å². The molecule has 0 aromatic heterocycles. The highest BCUT2D eigenvalue weighted by molar-refractivity contribution is 5.96. The average molecular weight is 516 g/mol. The van der Waals surface area contributed by atoms with Gasteiger partial charge in [-0.1, -0.05) is 0 Å². The molecule has 0 saturated heterocycles. The van der Waals surface area contributed by atoms with E-state index in [1.807, 2.05) is 0 Å². The Bertz CT molecular complexity index is 1030. The monoisotopic (exact) mass is 516 g/mol. The number of amides is 2. The Morgan fingerprint density at radius 2 is 2.03 bits per heavy atom. The van der Waals surface area contributed by atoms with Crippen molar-refractivity contribution in [3.05, 3.63) is 34.9 Å². The van der Waals surface area contributed by atoms with Crippen LogP contribution in [0.2, 0.25) is 0 Å². The van der Waals surface area contributed by atoms with Gasteiger partial charge in [0.15, 0.2) is 11.5 Å². The predicted molar refractivity (Wildman–Crippen MR) is 118 cm³/mol. The highest BCUT2D eigenvalue weighted by Gasteiger charge is 2.52. The molecule has 1 aromatic carbocycles. The number of hydrogen-bond acceptors (Lipinski definition) is 8. The number of nitrogens with zero attached hydrogens (tertiary/aromatic N) is 1. The third-order valence-electron chi connectivity index (χ3n) is 5.87. The largest absolute Gasteiger partial charge is 0.493 e. The summed E-state index contributed by atoms with van der Waals surface area (Å²) < 4.78 is 56.5. The van der Waals surface area contributed by atoms with E-state index in [9.17, 15) is 32.7 Å². The van der Waals surface area contributed by atoms with Crippen molar-refractivity contribution >= 4 is 18.1 Å². The van der Waals surface area contributed by atoms with Gasteiger partial charge < -0.3 is 34.6 Å². The van der Waals surface area contributed by atoms with E-state index in [0.717, 1.165) is 6.08 Å². The summed E-state index contributed by atoms with van der Waals surface area (Å²) in [5.74, 6) is -2.54. The second-order valence-corrected chi connectivity index (χ2v) is 8.18. The van der Waals surface area contributed by atoms with Crippen LogP contribution in [0.1, 0.15) is 28.8 Å². The van der Waals surface area contributed by atoms with Gasteiger partial charge in [-0.2, -0.15) is 13.2 Å². The first-order valence-electron chi connectivity index (χ1n) is 11.1. The quantitative estimate of drug-likeness (QED) is 0.384. The van der Waals surface area contributed by atoms with Gasteiger partial charge in [0.2, 0.25) is 11.8 Å². The Hall–Kier alpha value is -3.16. The number of aliphatic hydroxyl groups excluding tert-OH is 2. The van der Waals surface area contributed by atoms with Crippen molar-refractivity contribution < 1.29 is 52.0 Å². The van der Waals surface area contributed by atoms with Gasteiger partial charge in [-0.3, -0.25) is 14.4 Å². The van der Waals surface area contributed by atoms with E-state index in [0.29, 0.717) is 16.7 Å². The number of aliphatic hydroxyl groups is 2. The molecule has 198 valence electrons. The van der Waals surface area contributed by atoms with Gasteiger partial charge in [-0.15, -0.1) is 0 Å². The van der Waals surface area contributed by atoms with Crippen LogP contribution in [0.25, 0.3) is 0 Å². The Balaban J connectivity index is 2.13. The molecule has 1 aromatic rings. The summed E-state index contributed by atoms with van der Waals surface area (Å²) in [5.41, 5.74) is 0.406. The lowest BCUT2D eigenvalue weighted by molar-refractivity contribution is -0.172. The number of carbonyl (C=O) groups excluding carboxylic acids is 3. The molecular formula is C23H27F3N2O8. The Morgan fingerprint density at radius 3 is 2.61 bits per heavy atom. The maximum absolute atomic E-state index is 13.4. The van der Waals surface area contributed by atoms with Gasteiger partial charge >= 0.3 is 6.18 Å². The molecule has 1 aliphatic heterocycles. The maximum atomic E-state index is 13.4. The molecular weight excluding hydrogens is 489 g/mol. The van der Waals surface area contributed by atoms with Crippen LogP contribution in [0.4, 0.5) is 13.2 Å². The third-order valence-corrected chi connectivity index (χ3v) is 5.87. The van der Waals surface area contributed by atoms with E-state index in [2.05, 4.69) is 5.32 Å². The molecule has 0 saturated carbocycles. The van der Waals surface area contributed by atoms with Crippen LogP contribution in [0.15, 0.2) is 23.8 Å². The Labute approximate surface area is 204 Å². The van der Waals surface area contributed by atoms with Crippen LogP contribution in [0.5, 0.6) is 11.5 Å². The third kappa shape index (κ3) is 5.63. The molecule has 2 aliphatic rings. The zero-order valence-electron chi connectivity index (χ0n) is 19.6. The highest BCUT2D eigenvalue weighted by atomic mass is 19.4. The van der Waals surface area contributed by atoms with E-state index in [-0.39, 0.29) is 35.8 Å². The smallest absolute Gasteiger partial charge is 0.406 e. The van der Waals surface area contributed by atoms with Gasteiger partial charge in [-0.05, 0) is 25.1 Å². The highest BCUT2D eigenvalue weighted by Crippen LogP contribution is 2.51. The van der Waals surface area contributed by atoms with Gasteiger partial charge in [0.05, 0.1) is 25.7 Å². The van der Waals surface area contributed by atoms with E-state index >= 15 is 0 Å². The minimum atomic E-state index is -4.81. The molecule has 3 N–H and O–H groups in total. The SMILES string of the molecule is CCOCC(=O)N(CC(F)(F)F)C1C=C(C(=O)NCCO)C2c3cc(C=O)cc(OC)c3OC2C1O. The number of fused-ring (bicyclic) bond motifs is 3. The summed E-state index contributed by atoms with van der Waals surface area (Å²) in [6.07, 6.45) is -6.14. The maximum Gasteiger partial charge on any atom is 0.406 e. The molecule has 1 heterocycles. The fraction of sp³-hybridized carbons (Fsp3) is 0.522.